The molecule has 3 N–H and O–H groups in total. The number of ether oxygens (including phenoxy) is 5. The lowest BCUT2D eigenvalue weighted by Gasteiger charge is -2.25. The van der Waals surface area contributed by atoms with Crippen LogP contribution in [0.25, 0.3) is 0 Å². The minimum Gasteiger partial charge on any atom is -0.480 e. The van der Waals surface area contributed by atoms with Crippen molar-refractivity contribution in [1.82, 2.24) is 0 Å². The molecule has 1 aromatic carbocycles. The first-order valence-corrected chi connectivity index (χ1v) is 14.3. The van der Waals surface area contributed by atoms with Gasteiger partial charge in [-0.3, -0.25) is 9.59 Å². The highest BCUT2D eigenvalue weighted by Gasteiger charge is 2.30. The molecule has 11 heteroatoms. The molecular formula is C30H47NO10. The maximum absolute atomic E-state index is 12.4. The topological polar surface area (TPSA) is 161 Å². The van der Waals surface area contributed by atoms with E-state index in [1.54, 1.807) is 6.92 Å². The smallest absolute Gasteiger partial charge is 0.480 e. The molecule has 2 unspecified atom stereocenters. The molecule has 41 heavy (non-hydrogen) atoms. The number of aliphatic carboxylic acids is 1. The molecular weight excluding hydrogens is 534 g/mol. The third kappa shape index (κ3) is 14.7. The first-order valence-electron chi connectivity index (χ1n) is 14.3. The van der Waals surface area contributed by atoms with Crippen molar-refractivity contribution < 1.29 is 48.0 Å². The molecule has 0 amide bonds. The molecule has 0 aliphatic carbocycles. The Morgan fingerprint density at radius 3 is 1.93 bits per heavy atom. The van der Waals surface area contributed by atoms with Crippen molar-refractivity contribution in [2.45, 2.75) is 105 Å². The minimum atomic E-state index is -1.37. The summed E-state index contributed by atoms with van der Waals surface area (Å²) in [6.07, 6.45) is 1.52. The van der Waals surface area contributed by atoms with E-state index in [0.29, 0.717) is 36.7 Å². The van der Waals surface area contributed by atoms with Gasteiger partial charge in [0.1, 0.15) is 6.04 Å². The lowest BCUT2D eigenvalue weighted by molar-refractivity contribution is -0.149. The van der Waals surface area contributed by atoms with E-state index in [-0.39, 0.29) is 43.5 Å². The van der Waals surface area contributed by atoms with Crippen molar-refractivity contribution >= 4 is 24.2 Å². The number of nitrogens with two attached hydrogens (primary N) is 1. The van der Waals surface area contributed by atoms with E-state index >= 15 is 0 Å². The standard InChI is InChI=1S/C30H47NO10/c1-7-8-9-10-26(32)39-21(6)17-23(27(31)28(33)34)22-11-12-24(40-29(35)37-15-13-19(2)3)25(18-22)41-30(36)38-16-14-20(4)5/h11-12,18-21,23,27H,7-10,13-17,31H2,1-6H3,(H,33,34)/t21?,23?,27-/m0/s1. The van der Waals surface area contributed by atoms with Crippen LogP contribution in [0.3, 0.4) is 0 Å². The predicted octanol–water partition coefficient (Wildman–Crippen LogP) is 6.21. The second-order valence-electron chi connectivity index (χ2n) is 10.9. The van der Waals surface area contributed by atoms with Gasteiger partial charge in [-0.1, -0.05) is 53.5 Å². The van der Waals surface area contributed by atoms with Gasteiger partial charge in [-0.25, -0.2) is 9.59 Å². The molecule has 0 aliphatic rings. The Morgan fingerprint density at radius 2 is 1.41 bits per heavy atom. The van der Waals surface area contributed by atoms with E-state index < -0.39 is 36.3 Å². The summed E-state index contributed by atoms with van der Waals surface area (Å²) in [5, 5.41) is 9.68. The molecule has 0 saturated carbocycles. The van der Waals surface area contributed by atoms with Crippen molar-refractivity contribution in [2.75, 3.05) is 13.2 Å². The third-order valence-electron chi connectivity index (χ3n) is 6.23. The van der Waals surface area contributed by atoms with Crippen LogP contribution in [0, 0.1) is 11.8 Å². The molecule has 3 atom stereocenters. The normalized spacial score (nSPS) is 13.3. The van der Waals surface area contributed by atoms with Gasteiger partial charge in [0.2, 0.25) is 0 Å². The van der Waals surface area contributed by atoms with Crippen molar-refractivity contribution in [2.24, 2.45) is 17.6 Å². The van der Waals surface area contributed by atoms with Gasteiger partial charge < -0.3 is 34.5 Å². The zero-order chi connectivity index (χ0) is 30.9. The van der Waals surface area contributed by atoms with E-state index in [2.05, 4.69) is 0 Å². The number of carbonyl (C=O) groups is 4. The largest absolute Gasteiger partial charge is 0.513 e. The van der Waals surface area contributed by atoms with Gasteiger partial charge in [0.15, 0.2) is 11.5 Å². The minimum absolute atomic E-state index is 0.0860. The zero-order valence-corrected chi connectivity index (χ0v) is 25.2. The van der Waals surface area contributed by atoms with Gasteiger partial charge in [-0.2, -0.15) is 0 Å². The Kier molecular flexibility index (Phi) is 16.5. The Morgan fingerprint density at radius 1 is 0.854 bits per heavy atom. The quantitative estimate of drug-likeness (QED) is 0.0878. The molecule has 0 aromatic heterocycles. The maximum Gasteiger partial charge on any atom is 0.513 e. The second kappa shape index (κ2) is 18.9. The summed E-state index contributed by atoms with van der Waals surface area (Å²) in [5.74, 6) is -2.16. The van der Waals surface area contributed by atoms with Crippen LogP contribution in [0.2, 0.25) is 0 Å². The Balaban J connectivity index is 3.21. The molecule has 0 saturated heterocycles. The molecule has 11 nitrogen and oxygen atoms in total. The molecule has 1 aromatic rings. The number of esters is 1. The molecule has 0 aliphatic heterocycles. The third-order valence-corrected chi connectivity index (χ3v) is 6.23. The first-order chi connectivity index (χ1) is 19.3. The highest BCUT2D eigenvalue weighted by molar-refractivity contribution is 5.75. The van der Waals surface area contributed by atoms with Crippen LogP contribution >= 0.6 is 0 Å². The van der Waals surface area contributed by atoms with Crippen molar-refractivity contribution in [3.05, 3.63) is 23.8 Å². The molecule has 0 spiro atoms. The monoisotopic (exact) mass is 581 g/mol. The molecule has 0 heterocycles. The summed E-state index contributed by atoms with van der Waals surface area (Å²) in [7, 11) is 0. The highest BCUT2D eigenvalue weighted by Crippen LogP contribution is 2.35. The number of carbonyl (C=O) groups excluding carboxylic acids is 3. The Hall–Kier alpha value is -3.34. The number of benzene rings is 1. The average molecular weight is 582 g/mol. The van der Waals surface area contributed by atoms with Crippen molar-refractivity contribution in [3.8, 4) is 11.5 Å². The number of hydrogen-bond donors (Lipinski definition) is 2. The van der Waals surface area contributed by atoms with Crippen LogP contribution in [0.4, 0.5) is 9.59 Å². The zero-order valence-electron chi connectivity index (χ0n) is 25.2. The van der Waals surface area contributed by atoms with Crippen LogP contribution in [-0.2, 0) is 23.8 Å². The highest BCUT2D eigenvalue weighted by atomic mass is 16.7. The predicted molar refractivity (Wildman–Crippen MR) is 152 cm³/mol. The average Bonchev–Trinajstić information content (AvgIpc) is 2.87. The summed E-state index contributed by atoms with van der Waals surface area (Å²) >= 11 is 0. The fourth-order valence-electron chi connectivity index (χ4n) is 3.78. The van der Waals surface area contributed by atoms with Crippen LogP contribution in [0.5, 0.6) is 11.5 Å². The van der Waals surface area contributed by atoms with Gasteiger partial charge in [0, 0.05) is 12.3 Å². The van der Waals surface area contributed by atoms with E-state index in [1.807, 2.05) is 34.6 Å². The Bertz CT molecular complexity index is 978. The fourth-order valence-corrected chi connectivity index (χ4v) is 3.78. The van der Waals surface area contributed by atoms with Crippen molar-refractivity contribution in [3.63, 3.8) is 0 Å². The SMILES string of the molecule is CCCCCC(=O)OC(C)CC(c1ccc(OC(=O)OCCC(C)C)c(OC(=O)OCCC(C)C)c1)[C@H](N)C(=O)O. The number of hydrogen-bond acceptors (Lipinski definition) is 10. The van der Waals surface area contributed by atoms with Gasteiger partial charge in [0.25, 0.3) is 0 Å². The number of carboxylic acid groups (broad SMARTS) is 1. The van der Waals surface area contributed by atoms with Crippen LogP contribution in [0.1, 0.15) is 98.0 Å². The number of carboxylic acids is 1. The summed E-state index contributed by atoms with van der Waals surface area (Å²) in [4.78, 5) is 48.8. The van der Waals surface area contributed by atoms with Gasteiger partial charge in [-0.15, -0.1) is 0 Å². The summed E-state index contributed by atoms with van der Waals surface area (Å²) in [6.45, 7) is 11.9. The summed E-state index contributed by atoms with van der Waals surface area (Å²) in [6, 6.07) is 2.87. The van der Waals surface area contributed by atoms with Crippen LogP contribution in [-0.4, -0.2) is 54.7 Å². The lowest BCUT2D eigenvalue weighted by Crippen LogP contribution is -2.38. The molecule has 1 rings (SSSR count). The molecule has 0 fully saturated rings. The van der Waals surface area contributed by atoms with E-state index in [1.165, 1.54) is 18.2 Å². The van der Waals surface area contributed by atoms with E-state index in [9.17, 15) is 24.3 Å². The van der Waals surface area contributed by atoms with Crippen LogP contribution in [0.15, 0.2) is 18.2 Å². The molecule has 0 radical (unpaired) electrons. The van der Waals surface area contributed by atoms with E-state index in [4.69, 9.17) is 29.4 Å². The summed E-state index contributed by atoms with van der Waals surface area (Å²) < 4.78 is 26.4. The van der Waals surface area contributed by atoms with Crippen molar-refractivity contribution in [1.29, 1.82) is 0 Å². The Labute approximate surface area is 243 Å². The van der Waals surface area contributed by atoms with Gasteiger partial charge >= 0.3 is 24.2 Å². The molecule has 0 bridgehead atoms. The lowest BCUT2D eigenvalue weighted by atomic mass is 9.87. The number of unbranched alkanes of at least 4 members (excludes halogenated alkanes) is 2. The number of rotatable bonds is 18. The molecule has 232 valence electrons. The van der Waals surface area contributed by atoms with Crippen LogP contribution < -0.4 is 15.2 Å². The fraction of sp³-hybridized carbons (Fsp3) is 0.667. The summed E-state index contributed by atoms with van der Waals surface area (Å²) in [5.41, 5.74) is 6.41. The van der Waals surface area contributed by atoms with Gasteiger partial charge in [0.05, 0.1) is 19.3 Å². The van der Waals surface area contributed by atoms with Gasteiger partial charge in [-0.05, 0) is 62.1 Å². The van der Waals surface area contributed by atoms with E-state index in [0.717, 1.165) is 12.8 Å². The second-order valence-corrected chi connectivity index (χ2v) is 10.9. The maximum atomic E-state index is 12.4. The first kappa shape index (κ1) is 35.7.